The molecule has 0 saturated carbocycles. The van der Waals surface area contributed by atoms with Crippen molar-refractivity contribution in [3.05, 3.63) is 24.3 Å². The Morgan fingerprint density at radius 1 is 1.43 bits per heavy atom. The van der Waals surface area contributed by atoms with E-state index in [1.807, 2.05) is 24.3 Å². The zero-order chi connectivity index (χ0) is 14.9. The minimum absolute atomic E-state index is 0.0381. The van der Waals surface area contributed by atoms with Crippen LogP contribution in [0.1, 0.15) is 6.42 Å². The molecule has 3 rings (SSSR count). The molecule has 5 nitrogen and oxygen atoms in total. The highest BCUT2D eigenvalue weighted by molar-refractivity contribution is 8.02. The average Bonchev–Trinajstić information content (AvgIpc) is 2.98. The van der Waals surface area contributed by atoms with Crippen LogP contribution < -0.4 is 5.32 Å². The van der Waals surface area contributed by atoms with Crippen LogP contribution in [0.4, 0.5) is 5.13 Å². The maximum Gasteiger partial charge on any atom is 0.236 e. The lowest BCUT2D eigenvalue weighted by molar-refractivity contribution is -0.113. The van der Waals surface area contributed by atoms with Crippen molar-refractivity contribution in [2.24, 2.45) is 0 Å². The predicted octanol–water partition coefficient (Wildman–Crippen LogP) is 2.16. The van der Waals surface area contributed by atoms with Gasteiger partial charge in [-0.3, -0.25) is 4.79 Å². The molecule has 0 spiro atoms. The van der Waals surface area contributed by atoms with E-state index >= 15 is 0 Å². The number of nitrogens with one attached hydrogen (secondary N) is 1. The quantitative estimate of drug-likeness (QED) is 0.921. The highest BCUT2D eigenvalue weighted by Crippen LogP contribution is 2.27. The molecule has 21 heavy (non-hydrogen) atoms. The number of thiazole rings is 1. The van der Waals surface area contributed by atoms with Crippen LogP contribution in [0.15, 0.2) is 24.3 Å². The first kappa shape index (κ1) is 14.8. The summed E-state index contributed by atoms with van der Waals surface area (Å²) >= 11 is 2.84. The van der Waals surface area contributed by atoms with Crippen LogP contribution in [-0.4, -0.2) is 41.8 Å². The van der Waals surface area contributed by atoms with Gasteiger partial charge in [-0.1, -0.05) is 23.5 Å². The summed E-state index contributed by atoms with van der Waals surface area (Å²) < 4.78 is 23.7. The van der Waals surface area contributed by atoms with Crippen molar-refractivity contribution in [1.82, 2.24) is 4.98 Å². The number of nitrogens with zero attached hydrogens (tertiary/aromatic N) is 1. The van der Waals surface area contributed by atoms with Gasteiger partial charge in [0.2, 0.25) is 5.91 Å². The molecule has 1 aromatic heterocycles. The van der Waals surface area contributed by atoms with Crippen LogP contribution in [0.25, 0.3) is 10.2 Å². The largest absolute Gasteiger partial charge is 0.301 e. The Bertz CT molecular complexity index is 737. The van der Waals surface area contributed by atoms with E-state index in [1.165, 1.54) is 23.1 Å². The molecule has 0 aliphatic carbocycles. The fourth-order valence-corrected chi connectivity index (χ4v) is 6.49. The Balaban J connectivity index is 1.54. The molecule has 112 valence electrons. The summed E-state index contributed by atoms with van der Waals surface area (Å²) in [5.41, 5.74) is 0.868. The summed E-state index contributed by atoms with van der Waals surface area (Å²) in [5.74, 6) is 0.551. The Hall–Kier alpha value is -1.12. The van der Waals surface area contributed by atoms with E-state index in [1.54, 1.807) is 0 Å². The summed E-state index contributed by atoms with van der Waals surface area (Å²) in [4.78, 5) is 16.2. The van der Waals surface area contributed by atoms with Crippen LogP contribution in [0.3, 0.4) is 0 Å². The second-order valence-electron chi connectivity index (χ2n) is 4.87. The lowest BCUT2D eigenvalue weighted by Gasteiger charge is -2.06. The van der Waals surface area contributed by atoms with E-state index in [-0.39, 0.29) is 28.4 Å². The Morgan fingerprint density at radius 2 is 2.24 bits per heavy atom. The van der Waals surface area contributed by atoms with Crippen LogP contribution in [-0.2, 0) is 14.6 Å². The third-order valence-electron chi connectivity index (χ3n) is 3.18. The first-order valence-electron chi connectivity index (χ1n) is 6.49. The number of hydrogen-bond acceptors (Lipinski definition) is 6. The molecule has 0 unspecified atom stereocenters. The maximum absolute atomic E-state index is 11.9. The topological polar surface area (TPSA) is 76.1 Å². The molecule has 1 atom stereocenters. The second kappa shape index (κ2) is 5.94. The standard InChI is InChI=1S/C13H14N2O3S3/c16-12(7-19-9-5-6-21(17,18)8-9)15-13-14-10-3-1-2-4-11(10)20-13/h1-4,9H,5-8H2,(H,14,15,16)/t9-/m0/s1. The summed E-state index contributed by atoms with van der Waals surface area (Å²) in [6.45, 7) is 0. The van der Waals surface area contributed by atoms with E-state index in [0.717, 1.165) is 10.2 Å². The SMILES string of the molecule is O=C(CS[C@H]1CCS(=O)(=O)C1)Nc1nc2ccccc2s1. The fourth-order valence-electron chi connectivity index (χ4n) is 2.17. The molecule has 1 amide bonds. The predicted molar refractivity (Wildman–Crippen MR) is 87.8 cm³/mol. The fraction of sp³-hybridized carbons (Fsp3) is 0.385. The summed E-state index contributed by atoms with van der Waals surface area (Å²) in [6.07, 6.45) is 0.640. The number of benzene rings is 1. The molecular formula is C13H14N2O3S3. The molecule has 1 aliphatic heterocycles. The zero-order valence-electron chi connectivity index (χ0n) is 11.1. The van der Waals surface area contributed by atoms with Crippen LogP contribution >= 0.6 is 23.1 Å². The minimum atomic E-state index is -2.88. The molecule has 1 N–H and O–H groups in total. The van der Waals surface area contributed by atoms with Crippen LogP contribution in [0.5, 0.6) is 0 Å². The Kier molecular flexibility index (Phi) is 4.19. The molecule has 1 aromatic carbocycles. The number of amides is 1. The highest BCUT2D eigenvalue weighted by atomic mass is 32.2. The van der Waals surface area contributed by atoms with Crippen LogP contribution in [0.2, 0.25) is 0 Å². The molecule has 2 heterocycles. The third kappa shape index (κ3) is 3.75. The number of fused-ring (bicyclic) bond motifs is 1. The number of hydrogen-bond donors (Lipinski definition) is 1. The number of anilines is 1. The normalized spacial score (nSPS) is 20.7. The molecule has 2 aromatic rings. The summed E-state index contributed by atoms with van der Waals surface area (Å²) in [6, 6.07) is 7.70. The van der Waals surface area contributed by atoms with Gasteiger partial charge >= 0.3 is 0 Å². The van der Waals surface area contributed by atoms with Crippen molar-refractivity contribution in [2.45, 2.75) is 11.7 Å². The number of rotatable bonds is 4. The van der Waals surface area contributed by atoms with E-state index < -0.39 is 9.84 Å². The minimum Gasteiger partial charge on any atom is -0.301 e. The Morgan fingerprint density at radius 3 is 2.95 bits per heavy atom. The second-order valence-corrected chi connectivity index (χ2v) is 9.42. The van der Waals surface area contributed by atoms with Gasteiger partial charge in [0.1, 0.15) is 0 Å². The van der Waals surface area contributed by atoms with E-state index in [2.05, 4.69) is 10.3 Å². The molecule has 1 aliphatic rings. The van der Waals surface area contributed by atoms with E-state index in [9.17, 15) is 13.2 Å². The van der Waals surface area contributed by atoms with Crippen molar-refractivity contribution >= 4 is 54.2 Å². The van der Waals surface area contributed by atoms with Crippen molar-refractivity contribution in [3.8, 4) is 0 Å². The highest BCUT2D eigenvalue weighted by Gasteiger charge is 2.28. The molecule has 1 saturated heterocycles. The Labute approximate surface area is 131 Å². The van der Waals surface area contributed by atoms with Crippen molar-refractivity contribution in [3.63, 3.8) is 0 Å². The smallest absolute Gasteiger partial charge is 0.236 e. The van der Waals surface area contributed by atoms with E-state index in [0.29, 0.717) is 11.6 Å². The van der Waals surface area contributed by atoms with Crippen molar-refractivity contribution < 1.29 is 13.2 Å². The van der Waals surface area contributed by atoms with Gasteiger partial charge in [0.15, 0.2) is 15.0 Å². The molecular weight excluding hydrogens is 328 g/mol. The molecule has 8 heteroatoms. The van der Waals surface area contributed by atoms with Crippen molar-refractivity contribution in [1.29, 1.82) is 0 Å². The zero-order valence-corrected chi connectivity index (χ0v) is 13.6. The lowest BCUT2D eigenvalue weighted by Crippen LogP contribution is -2.17. The van der Waals surface area contributed by atoms with Crippen molar-refractivity contribution in [2.75, 3.05) is 22.6 Å². The van der Waals surface area contributed by atoms with Gasteiger partial charge in [0, 0.05) is 5.25 Å². The molecule has 0 radical (unpaired) electrons. The van der Waals surface area contributed by atoms with Gasteiger partial charge < -0.3 is 5.32 Å². The van der Waals surface area contributed by atoms with E-state index in [4.69, 9.17) is 0 Å². The number of sulfone groups is 1. The third-order valence-corrected chi connectivity index (χ3v) is 7.41. The van der Waals surface area contributed by atoms with Crippen LogP contribution in [0, 0.1) is 0 Å². The lowest BCUT2D eigenvalue weighted by atomic mass is 10.3. The number of carbonyl (C=O) groups is 1. The number of carbonyl (C=O) groups excluding carboxylic acids is 1. The number of thioether (sulfide) groups is 1. The summed E-state index contributed by atoms with van der Waals surface area (Å²) in [7, 11) is -2.88. The first-order chi connectivity index (χ1) is 10.0. The van der Waals surface area contributed by atoms with Gasteiger partial charge in [0.25, 0.3) is 0 Å². The van der Waals surface area contributed by atoms with Gasteiger partial charge in [0.05, 0.1) is 27.5 Å². The van der Waals surface area contributed by atoms with Gasteiger partial charge in [-0.05, 0) is 18.6 Å². The van der Waals surface area contributed by atoms with Gasteiger partial charge in [-0.15, -0.1) is 11.8 Å². The maximum atomic E-state index is 11.9. The monoisotopic (exact) mass is 342 g/mol. The first-order valence-corrected chi connectivity index (χ1v) is 10.2. The van der Waals surface area contributed by atoms with Gasteiger partial charge in [-0.2, -0.15) is 0 Å². The number of para-hydroxylation sites is 1. The average molecular weight is 342 g/mol. The molecule has 1 fully saturated rings. The van der Waals surface area contributed by atoms with Gasteiger partial charge in [-0.25, -0.2) is 13.4 Å². The molecule has 0 bridgehead atoms. The summed E-state index contributed by atoms with van der Waals surface area (Å²) in [5, 5.41) is 3.40. The number of aromatic nitrogens is 1.